The molecule has 0 aliphatic carbocycles. The van der Waals surface area contributed by atoms with E-state index >= 15 is 0 Å². The number of benzene rings is 1. The van der Waals surface area contributed by atoms with Gasteiger partial charge in [0.25, 0.3) is 0 Å². The Labute approximate surface area is 99.9 Å². The number of anilines is 1. The van der Waals surface area contributed by atoms with E-state index in [1.54, 1.807) is 6.07 Å². The zero-order chi connectivity index (χ0) is 12.4. The predicted octanol–water partition coefficient (Wildman–Crippen LogP) is 1.85. The molecule has 0 spiro atoms. The second-order valence-corrected chi connectivity index (χ2v) is 4.64. The third kappa shape index (κ3) is 2.64. The number of aldehydes is 1. The first-order chi connectivity index (χ1) is 8.10. The van der Waals surface area contributed by atoms with Gasteiger partial charge in [0.2, 0.25) is 0 Å². The third-order valence-electron chi connectivity index (χ3n) is 3.32. The molecule has 1 fully saturated rings. The van der Waals surface area contributed by atoms with Crippen LogP contribution in [0.3, 0.4) is 0 Å². The molecule has 3 nitrogen and oxygen atoms in total. The van der Waals surface area contributed by atoms with E-state index in [9.17, 15) is 14.3 Å². The van der Waals surface area contributed by atoms with Crippen LogP contribution in [0, 0.1) is 11.7 Å². The van der Waals surface area contributed by atoms with E-state index in [4.69, 9.17) is 0 Å². The largest absolute Gasteiger partial charge is 0.391 e. The predicted molar refractivity (Wildman–Crippen MR) is 63.8 cm³/mol. The van der Waals surface area contributed by atoms with E-state index in [0.29, 0.717) is 24.1 Å². The summed E-state index contributed by atoms with van der Waals surface area (Å²) < 4.78 is 13.3. The standard InChI is InChI=1S/C13H16FNO2/c1-9-2-3-15(7-13(9)17)12-5-10(8-16)4-11(14)6-12/h4-6,8-9,13,17H,2-3,7H2,1H3. The number of carbonyl (C=O) groups excluding carboxylic acids is 1. The minimum atomic E-state index is -0.419. The van der Waals surface area contributed by atoms with Gasteiger partial charge in [-0.15, -0.1) is 0 Å². The summed E-state index contributed by atoms with van der Waals surface area (Å²) in [5, 5.41) is 9.80. The lowest BCUT2D eigenvalue weighted by molar-refractivity contribution is 0.103. The molecular weight excluding hydrogens is 221 g/mol. The van der Waals surface area contributed by atoms with Crippen LogP contribution in [0.4, 0.5) is 10.1 Å². The lowest BCUT2D eigenvalue weighted by Gasteiger charge is -2.35. The van der Waals surface area contributed by atoms with Gasteiger partial charge in [-0.1, -0.05) is 6.92 Å². The van der Waals surface area contributed by atoms with E-state index in [1.165, 1.54) is 12.1 Å². The van der Waals surface area contributed by atoms with Crippen molar-refractivity contribution in [3.05, 3.63) is 29.6 Å². The van der Waals surface area contributed by atoms with Gasteiger partial charge in [0.1, 0.15) is 12.1 Å². The zero-order valence-corrected chi connectivity index (χ0v) is 9.77. The SMILES string of the molecule is CC1CCN(c2cc(F)cc(C=O)c2)CC1O. The van der Waals surface area contributed by atoms with Gasteiger partial charge in [-0.25, -0.2) is 4.39 Å². The normalized spacial score (nSPS) is 24.8. The molecule has 1 N–H and O–H groups in total. The number of aliphatic hydroxyl groups excluding tert-OH is 1. The summed E-state index contributed by atoms with van der Waals surface area (Å²) in [5.41, 5.74) is 0.992. The number of piperidine rings is 1. The third-order valence-corrected chi connectivity index (χ3v) is 3.32. The minimum Gasteiger partial charge on any atom is -0.391 e. The molecule has 0 aromatic heterocycles. The van der Waals surface area contributed by atoms with Crippen molar-refractivity contribution in [1.82, 2.24) is 0 Å². The number of aliphatic hydroxyl groups is 1. The summed E-state index contributed by atoms with van der Waals surface area (Å²) in [5.74, 6) is -0.150. The van der Waals surface area contributed by atoms with Gasteiger partial charge >= 0.3 is 0 Å². The number of halogens is 1. The maximum Gasteiger partial charge on any atom is 0.150 e. The maximum absolute atomic E-state index is 13.3. The maximum atomic E-state index is 13.3. The second-order valence-electron chi connectivity index (χ2n) is 4.64. The average molecular weight is 237 g/mol. The highest BCUT2D eigenvalue weighted by Crippen LogP contribution is 2.24. The van der Waals surface area contributed by atoms with Gasteiger partial charge < -0.3 is 10.0 Å². The molecule has 2 rings (SSSR count). The van der Waals surface area contributed by atoms with Crippen molar-refractivity contribution in [3.8, 4) is 0 Å². The van der Waals surface area contributed by atoms with Crippen LogP contribution >= 0.6 is 0 Å². The highest BCUT2D eigenvalue weighted by molar-refractivity contribution is 5.77. The fourth-order valence-corrected chi connectivity index (χ4v) is 2.13. The first-order valence-corrected chi connectivity index (χ1v) is 5.79. The van der Waals surface area contributed by atoms with Crippen molar-refractivity contribution in [1.29, 1.82) is 0 Å². The molecule has 1 aromatic rings. The number of hydrogen-bond acceptors (Lipinski definition) is 3. The van der Waals surface area contributed by atoms with Crippen LogP contribution in [0.25, 0.3) is 0 Å². The van der Waals surface area contributed by atoms with Gasteiger partial charge in [0, 0.05) is 24.3 Å². The highest BCUT2D eigenvalue weighted by Gasteiger charge is 2.24. The van der Waals surface area contributed by atoms with Crippen molar-refractivity contribution in [2.45, 2.75) is 19.4 Å². The van der Waals surface area contributed by atoms with Crippen molar-refractivity contribution in [2.24, 2.45) is 5.92 Å². The Morgan fingerprint density at radius 1 is 1.47 bits per heavy atom. The second kappa shape index (κ2) is 4.84. The molecule has 1 aromatic carbocycles. The van der Waals surface area contributed by atoms with E-state index in [0.717, 1.165) is 13.0 Å². The van der Waals surface area contributed by atoms with Crippen LogP contribution in [0.15, 0.2) is 18.2 Å². The van der Waals surface area contributed by atoms with Gasteiger partial charge in [0.05, 0.1) is 6.10 Å². The molecule has 4 heteroatoms. The molecule has 17 heavy (non-hydrogen) atoms. The van der Waals surface area contributed by atoms with Gasteiger partial charge in [-0.2, -0.15) is 0 Å². The fourth-order valence-electron chi connectivity index (χ4n) is 2.13. The molecule has 0 saturated carbocycles. The van der Waals surface area contributed by atoms with Crippen molar-refractivity contribution in [2.75, 3.05) is 18.0 Å². The molecule has 1 aliphatic heterocycles. The Morgan fingerprint density at radius 2 is 2.24 bits per heavy atom. The zero-order valence-electron chi connectivity index (χ0n) is 9.77. The smallest absolute Gasteiger partial charge is 0.150 e. The van der Waals surface area contributed by atoms with E-state index in [-0.39, 0.29) is 5.92 Å². The number of β-amino-alcohol motifs (C(OH)–C–C–N with tert-alkyl or cyclic N) is 1. The molecule has 1 heterocycles. The number of rotatable bonds is 2. The van der Waals surface area contributed by atoms with Crippen LogP contribution < -0.4 is 4.90 Å². The van der Waals surface area contributed by atoms with Gasteiger partial charge in [-0.05, 0) is 30.5 Å². The number of nitrogens with zero attached hydrogens (tertiary/aromatic N) is 1. The Balaban J connectivity index is 2.22. The quantitative estimate of drug-likeness (QED) is 0.798. The van der Waals surface area contributed by atoms with Crippen LogP contribution in [-0.2, 0) is 0 Å². The Bertz CT molecular complexity index is 422. The lowest BCUT2D eigenvalue weighted by atomic mass is 9.95. The van der Waals surface area contributed by atoms with Crippen molar-refractivity contribution < 1.29 is 14.3 Å². The number of carbonyl (C=O) groups is 1. The van der Waals surface area contributed by atoms with Crippen LogP contribution in [0.1, 0.15) is 23.7 Å². The van der Waals surface area contributed by atoms with Crippen LogP contribution in [0.2, 0.25) is 0 Å². The Morgan fingerprint density at radius 3 is 2.88 bits per heavy atom. The molecule has 0 amide bonds. The fraction of sp³-hybridized carbons (Fsp3) is 0.462. The van der Waals surface area contributed by atoms with Gasteiger partial charge in [0.15, 0.2) is 0 Å². The highest BCUT2D eigenvalue weighted by atomic mass is 19.1. The lowest BCUT2D eigenvalue weighted by Crippen LogP contribution is -2.42. The van der Waals surface area contributed by atoms with Crippen LogP contribution in [-0.4, -0.2) is 30.6 Å². The van der Waals surface area contributed by atoms with Crippen molar-refractivity contribution >= 4 is 12.0 Å². The van der Waals surface area contributed by atoms with Crippen LogP contribution in [0.5, 0.6) is 0 Å². The summed E-state index contributed by atoms with van der Waals surface area (Å²) >= 11 is 0. The topological polar surface area (TPSA) is 40.5 Å². The molecule has 0 bridgehead atoms. The Kier molecular flexibility index (Phi) is 3.43. The molecule has 0 radical (unpaired) electrons. The van der Waals surface area contributed by atoms with E-state index in [1.807, 2.05) is 11.8 Å². The van der Waals surface area contributed by atoms with Crippen molar-refractivity contribution in [3.63, 3.8) is 0 Å². The number of hydrogen-bond donors (Lipinski definition) is 1. The first-order valence-electron chi connectivity index (χ1n) is 5.79. The molecule has 1 saturated heterocycles. The summed E-state index contributed by atoms with van der Waals surface area (Å²) in [7, 11) is 0. The summed E-state index contributed by atoms with van der Waals surface area (Å²) in [6.45, 7) is 3.27. The monoisotopic (exact) mass is 237 g/mol. The minimum absolute atomic E-state index is 0.269. The summed E-state index contributed by atoms with van der Waals surface area (Å²) in [4.78, 5) is 12.6. The van der Waals surface area contributed by atoms with E-state index in [2.05, 4.69) is 0 Å². The molecule has 92 valence electrons. The van der Waals surface area contributed by atoms with Gasteiger partial charge in [-0.3, -0.25) is 4.79 Å². The molecule has 2 atom stereocenters. The first kappa shape index (κ1) is 12.0. The molecule has 2 unspecified atom stereocenters. The summed E-state index contributed by atoms with van der Waals surface area (Å²) in [6, 6.07) is 4.26. The average Bonchev–Trinajstić information content (AvgIpc) is 2.32. The van der Waals surface area contributed by atoms with E-state index < -0.39 is 11.9 Å². The summed E-state index contributed by atoms with van der Waals surface area (Å²) in [6.07, 6.45) is 1.11. The molecular formula is C13H16FNO2. The Hall–Kier alpha value is -1.42. The molecule has 1 aliphatic rings.